The summed E-state index contributed by atoms with van der Waals surface area (Å²) in [7, 11) is 0. The van der Waals surface area contributed by atoms with Crippen molar-refractivity contribution in [3.05, 3.63) is 23.9 Å². The summed E-state index contributed by atoms with van der Waals surface area (Å²) < 4.78 is 0. The van der Waals surface area contributed by atoms with Crippen LogP contribution in [0.4, 0.5) is 5.82 Å². The van der Waals surface area contributed by atoms with E-state index in [0.717, 1.165) is 18.8 Å². The molecule has 0 saturated carbocycles. The lowest BCUT2D eigenvalue weighted by molar-refractivity contribution is 0.1000. The predicted molar refractivity (Wildman–Crippen MR) is 71.3 cm³/mol. The number of primary amides is 1. The quantitative estimate of drug-likeness (QED) is 0.826. The summed E-state index contributed by atoms with van der Waals surface area (Å²) in [6, 6.07) is 4.04. The summed E-state index contributed by atoms with van der Waals surface area (Å²) in [5.74, 6) is 0.977. The van der Waals surface area contributed by atoms with Gasteiger partial charge in [0.25, 0.3) is 0 Å². The van der Waals surface area contributed by atoms with Crippen molar-refractivity contribution in [2.24, 2.45) is 17.4 Å². The molecule has 0 bridgehead atoms. The van der Waals surface area contributed by atoms with Gasteiger partial charge >= 0.3 is 0 Å². The number of hydrogen-bond acceptors (Lipinski definition) is 4. The molecule has 0 aliphatic carbocycles. The van der Waals surface area contributed by atoms with E-state index < -0.39 is 5.91 Å². The maximum atomic E-state index is 11.0. The number of piperidine rings is 1. The average molecular weight is 248 g/mol. The minimum atomic E-state index is -0.444. The Morgan fingerprint density at radius 3 is 2.83 bits per heavy atom. The molecule has 1 amide bonds. The van der Waals surface area contributed by atoms with E-state index >= 15 is 0 Å². The van der Waals surface area contributed by atoms with Gasteiger partial charge in [-0.25, -0.2) is 4.98 Å². The Morgan fingerprint density at radius 1 is 1.50 bits per heavy atom. The maximum absolute atomic E-state index is 11.0. The first kappa shape index (κ1) is 12.8. The Balaban J connectivity index is 2.16. The van der Waals surface area contributed by atoms with E-state index in [-0.39, 0.29) is 0 Å². The molecule has 18 heavy (non-hydrogen) atoms. The SMILES string of the molecule is CC1CCC(CN)CN1c1ccc(C(N)=O)cn1. The Labute approximate surface area is 107 Å². The van der Waals surface area contributed by atoms with Crippen LogP contribution in [0.3, 0.4) is 0 Å². The topological polar surface area (TPSA) is 85.2 Å². The number of pyridine rings is 1. The van der Waals surface area contributed by atoms with Crippen LogP contribution in [0.25, 0.3) is 0 Å². The fraction of sp³-hybridized carbons (Fsp3) is 0.538. The molecule has 2 heterocycles. The van der Waals surface area contributed by atoms with Gasteiger partial charge in [0.2, 0.25) is 5.91 Å². The predicted octanol–water partition coefficient (Wildman–Crippen LogP) is 0.744. The number of hydrogen-bond donors (Lipinski definition) is 2. The van der Waals surface area contributed by atoms with E-state index in [2.05, 4.69) is 16.8 Å². The molecular formula is C13H20N4O. The van der Waals surface area contributed by atoms with Crippen molar-refractivity contribution >= 4 is 11.7 Å². The first-order chi connectivity index (χ1) is 8.61. The van der Waals surface area contributed by atoms with Gasteiger partial charge in [-0.15, -0.1) is 0 Å². The summed E-state index contributed by atoms with van der Waals surface area (Å²) in [5, 5.41) is 0. The lowest BCUT2D eigenvalue weighted by atomic mass is 9.93. The van der Waals surface area contributed by atoms with Gasteiger partial charge in [0.15, 0.2) is 0 Å². The molecule has 1 fully saturated rings. The monoisotopic (exact) mass is 248 g/mol. The van der Waals surface area contributed by atoms with Gasteiger partial charge in [0, 0.05) is 18.8 Å². The fourth-order valence-corrected chi connectivity index (χ4v) is 2.40. The van der Waals surface area contributed by atoms with Crippen molar-refractivity contribution in [1.29, 1.82) is 0 Å². The largest absolute Gasteiger partial charge is 0.366 e. The molecule has 4 N–H and O–H groups in total. The second kappa shape index (κ2) is 5.35. The van der Waals surface area contributed by atoms with E-state index in [1.807, 2.05) is 6.07 Å². The maximum Gasteiger partial charge on any atom is 0.250 e. The van der Waals surface area contributed by atoms with Crippen molar-refractivity contribution < 1.29 is 4.79 Å². The zero-order valence-corrected chi connectivity index (χ0v) is 10.7. The van der Waals surface area contributed by atoms with Crippen LogP contribution in [-0.4, -0.2) is 30.0 Å². The molecule has 5 nitrogen and oxygen atoms in total. The zero-order chi connectivity index (χ0) is 13.1. The molecule has 0 radical (unpaired) electrons. The Bertz CT molecular complexity index is 418. The number of nitrogens with zero attached hydrogens (tertiary/aromatic N) is 2. The highest BCUT2D eigenvalue weighted by Crippen LogP contribution is 2.25. The van der Waals surface area contributed by atoms with Crippen LogP contribution in [0.15, 0.2) is 18.3 Å². The van der Waals surface area contributed by atoms with Gasteiger partial charge in [-0.2, -0.15) is 0 Å². The van der Waals surface area contributed by atoms with Crippen LogP contribution >= 0.6 is 0 Å². The second-order valence-electron chi connectivity index (χ2n) is 4.95. The van der Waals surface area contributed by atoms with E-state index in [9.17, 15) is 4.79 Å². The molecule has 0 spiro atoms. The molecule has 1 aliphatic rings. The number of anilines is 1. The van der Waals surface area contributed by atoms with Crippen LogP contribution in [-0.2, 0) is 0 Å². The van der Waals surface area contributed by atoms with Crippen LogP contribution < -0.4 is 16.4 Å². The number of amides is 1. The summed E-state index contributed by atoms with van der Waals surface area (Å²) in [6.45, 7) is 3.83. The number of carbonyl (C=O) groups is 1. The summed E-state index contributed by atoms with van der Waals surface area (Å²) in [6.07, 6.45) is 3.84. The molecule has 2 rings (SSSR count). The summed E-state index contributed by atoms with van der Waals surface area (Å²) in [4.78, 5) is 17.6. The third-order valence-corrected chi connectivity index (χ3v) is 3.64. The Kier molecular flexibility index (Phi) is 3.81. The zero-order valence-electron chi connectivity index (χ0n) is 10.7. The number of rotatable bonds is 3. The first-order valence-corrected chi connectivity index (χ1v) is 6.34. The molecule has 0 aromatic carbocycles. The number of aromatic nitrogens is 1. The molecule has 2 unspecified atom stereocenters. The Morgan fingerprint density at radius 2 is 2.28 bits per heavy atom. The van der Waals surface area contributed by atoms with Gasteiger partial charge < -0.3 is 16.4 Å². The average Bonchev–Trinajstić information content (AvgIpc) is 2.39. The van der Waals surface area contributed by atoms with Crippen LogP contribution in [0, 0.1) is 5.92 Å². The van der Waals surface area contributed by atoms with Gasteiger partial charge in [-0.1, -0.05) is 0 Å². The van der Waals surface area contributed by atoms with E-state index in [1.165, 1.54) is 12.6 Å². The van der Waals surface area contributed by atoms with E-state index in [1.54, 1.807) is 6.07 Å². The van der Waals surface area contributed by atoms with E-state index in [0.29, 0.717) is 24.1 Å². The lowest BCUT2D eigenvalue weighted by Crippen LogP contribution is -2.44. The number of carbonyl (C=O) groups excluding carboxylic acids is 1. The van der Waals surface area contributed by atoms with Gasteiger partial charge in [-0.05, 0) is 44.4 Å². The molecule has 1 saturated heterocycles. The number of nitrogens with two attached hydrogens (primary N) is 2. The summed E-state index contributed by atoms with van der Waals surface area (Å²) >= 11 is 0. The molecular weight excluding hydrogens is 228 g/mol. The van der Waals surface area contributed by atoms with Crippen molar-refractivity contribution in [3.63, 3.8) is 0 Å². The molecule has 2 atom stereocenters. The van der Waals surface area contributed by atoms with Crippen LogP contribution in [0.5, 0.6) is 0 Å². The molecule has 98 valence electrons. The molecule has 1 aromatic heterocycles. The summed E-state index contributed by atoms with van der Waals surface area (Å²) in [5.41, 5.74) is 11.4. The standard InChI is InChI=1S/C13H20N4O/c1-9-2-3-10(6-14)8-17(9)12-5-4-11(7-16-12)13(15)18/h4-5,7,9-10H,2-3,6,8,14H2,1H3,(H2,15,18). The highest BCUT2D eigenvalue weighted by molar-refractivity contribution is 5.92. The molecule has 1 aliphatic heterocycles. The second-order valence-corrected chi connectivity index (χ2v) is 4.95. The van der Waals surface area contributed by atoms with Gasteiger partial charge in [-0.3, -0.25) is 4.79 Å². The van der Waals surface area contributed by atoms with Gasteiger partial charge in [0.05, 0.1) is 5.56 Å². The lowest BCUT2D eigenvalue weighted by Gasteiger charge is -2.38. The third-order valence-electron chi connectivity index (χ3n) is 3.64. The first-order valence-electron chi connectivity index (χ1n) is 6.34. The third kappa shape index (κ3) is 2.61. The molecule has 1 aromatic rings. The normalized spacial score (nSPS) is 24.0. The van der Waals surface area contributed by atoms with Gasteiger partial charge in [0.1, 0.15) is 5.82 Å². The van der Waals surface area contributed by atoms with Crippen molar-refractivity contribution in [3.8, 4) is 0 Å². The highest BCUT2D eigenvalue weighted by atomic mass is 16.1. The smallest absolute Gasteiger partial charge is 0.250 e. The van der Waals surface area contributed by atoms with Crippen molar-refractivity contribution in [1.82, 2.24) is 4.98 Å². The van der Waals surface area contributed by atoms with Crippen LogP contribution in [0.1, 0.15) is 30.1 Å². The fourth-order valence-electron chi connectivity index (χ4n) is 2.40. The van der Waals surface area contributed by atoms with E-state index in [4.69, 9.17) is 11.5 Å². The minimum Gasteiger partial charge on any atom is -0.366 e. The molecule has 5 heteroatoms. The minimum absolute atomic E-state index is 0.443. The Hall–Kier alpha value is -1.62. The van der Waals surface area contributed by atoms with Crippen LogP contribution in [0.2, 0.25) is 0 Å². The highest BCUT2D eigenvalue weighted by Gasteiger charge is 2.25. The van der Waals surface area contributed by atoms with Crippen molar-refractivity contribution in [2.45, 2.75) is 25.8 Å². The van der Waals surface area contributed by atoms with Crippen molar-refractivity contribution in [2.75, 3.05) is 18.0 Å².